The maximum Gasteiger partial charge on any atom is 0.230 e. The molecular weight excluding hydrogens is 344 g/mol. The van der Waals surface area contributed by atoms with Crippen LogP contribution < -0.4 is 5.32 Å². The fourth-order valence-corrected chi connectivity index (χ4v) is 4.71. The van der Waals surface area contributed by atoms with Crippen molar-refractivity contribution in [2.45, 2.75) is 50.5 Å². The normalized spacial score (nSPS) is 18.7. The molecule has 1 aliphatic carbocycles. The van der Waals surface area contributed by atoms with Gasteiger partial charge < -0.3 is 10.1 Å². The van der Waals surface area contributed by atoms with Crippen molar-refractivity contribution in [1.29, 1.82) is 0 Å². The molecule has 3 rings (SSSR count). The summed E-state index contributed by atoms with van der Waals surface area (Å²) in [5, 5.41) is 3.17. The van der Waals surface area contributed by atoms with E-state index in [9.17, 15) is 4.79 Å². The Balaban J connectivity index is 1.45. The number of carbonyl (C=O) groups is 1. The summed E-state index contributed by atoms with van der Waals surface area (Å²) in [5.41, 5.74) is 2.96. The molecule has 2 aliphatic rings. The first-order chi connectivity index (χ1) is 12.6. The van der Waals surface area contributed by atoms with Crippen LogP contribution in [0.15, 0.2) is 23.1 Å². The van der Waals surface area contributed by atoms with Gasteiger partial charge >= 0.3 is 0 Å². The van der Waals surface area contributed by atoms with Crippen LogP contribution in [0, 0.1) is 5.92 Å². The van der Waals surface area contributed by atoms with Crippen molar-refractivity contribution >= 4 is 17.7 Å². The second kappa shape index (κ2) is 9.77. The molecule has 1 aliphatic heterocycles. The Labute approximate surface area is 162 Å². The van der Waals surface area contributed by atoms with Gasteiger partial charge in [-0.3, -0.25) is 9.69 Å². The first-order valence-electron chi connectivity index (χ1n) is 9.95. The highest BCUT2D eigenvalue weighted by Crippen LogP contribution is 2.27. The van der Waals surface area contributed by atoms with Crippen LogP contribution in [0.5, 0.6) is 0 Å². The van der Waals surface area contributed by atoms with Crippen molar-refractivity contribution < 1.29 is 9.53 Å². The lowest BCUT2D eigenvalue weighted by Crippen LogP contribution is -2.49. The molecule has 1 unspecified atom stereocenters. The number of fused-ring (bicyclic) bond motifs is 1. The number of amides is 1. The van der Waals surface area contributed by atoms with E-state index in [-0.39, 0.29) is 5.91 Å². The molecule has 1 amide bonds. The second-order valence-electron chi connectivity index (χ2n) is 7.81. The van der Waals surface area contributed by atoms with Gasteiger partial charge in [-0.1, -0.05) is 19.9 Å². The molecule has 0 spiro atoms. The number of hydrogen-bond acceptors (Lipinski definition) is 4. The molecule has 0 bridgehead atoms. The van der Waals surface area contributed by atoms with E-state index in [1.165, 1.54) is 35.3 Å². The SMILES string of the molecule is CC(C)CC(CNC(=O)CSc1ccc2c(c1)CCC2)N1CCOCC1. The minimum atomic E-state index is 0.137. The molecule has 0 radical (unpaired) electrons. The van der Waals surface area contributed by atoms with E-state index in [4.69, 9.17) is 4.74 Å². The number of ether oxygens (including phenoxy) is 1. The van der Waals surface area contributed by atoms with Crippen LogP contribution in [0.3, 0.4) is 0 Å². The lowest BCUT2D eigenvalue weighted by Gasteiger charge is -2.35. The van der Waals surface area contributed by atoms with Crippen LogP contribution >= 0.6 is 11.8 Å². The zero-order valence-corrected chi connectivity index (χ0v) is 16.9. The summed E-state index contributed by atoms with van der Waals surface area (Å²) in [4.78, 5) is 16.0. The Hall–Kier alpha value is -1.04. The van der Waals surface area contributed by atoms with Gasteiger partial charge in [-0.25, -0.2) is 0 Å². The number of thioether (sulfide) groups is 1. The number of carbonyl (C=O) groups excluding carboxylic acids is 1. The minimum Gasteiger partial charge on any atom is -0.379 e. The molecule has 0 aromatic heterocycles. The van der Waals surface area contributed by atoms with E-state index in [1.807, 2.05) is 0 Å². The predicted octanol–water partition coefficient (Wildman–Crippen LogP) is 3.13. The summed E-state index contributed by atoms with van der Waals surface area (Å²) in [7, 11) is 0. The number of nitrogens with one attached hydrogen (secondary N) is 1. The Kier molecular flexibility index (Phi) is 7.41. The van der Waals surface area contributed by atoms with Gasteiger partial charge in [0.25, 0.3) is 0 Å². The summed E-state index contributed by atoms with van der Waals surface area (Å²) in [6.07, 6.45) is 4.77. The van der Waals surface area contributed by atoms with Crippen molar-refractivity contribution in [1.82, 2.24) is 10.2 Å². The number of nitrogens with zero attached hydrogens (tertiary/aromatic N) is 1. The lowest BCUT2D eigenvalue weighted by molar-refractivity contribution is -0.118. The first kappa shape index (κ1) is 19.7. The summed E-state index contributed by atoms with van der Waals surface area (Å²) < 4.78 is 5.47. The third kappa shape index (κ3) is 5.73. The summed E-state index contributed by atoms with van der Waals surface area (Å²) in [6, 6.07) is 7.08. The van der Waals surface area contributed by atoms with Gasteiger partial charge in [0, 0.05) is 30.6 Å². The zero-order chi connectivity index (χ0) is 18.4. The molecule has 1 heterocycles. The predicted molar refractivity (Wildman–Crippen MR) is 108 cm³/mol. The average molecular weight is 377 g/mol. The van der Waals surface area contributed by atoms with Crippen LogP contribution in [0.25, 0.3) is 0 Å². The third-order valence-corrected chi connectivity index (χ3v) is 6.27. The smallest absolute Gasteiger partial charge is 0.230 e. The van der Waals surface area contributed by atoms with E-state index >= 15 is 0 Å². The van der Waals surface area contributed by atoms with Crippen molar-refractivity contribution in [3.05, 3.63) is 29.3 Å². The van der Waals surface area contributed by atoms with Gasteiger partial charge in [-0.15, -0.1) is 11.8 Å². The van der Waals surface area contributed by atoms with E-state index in [1.54, 1.807) is 11.8 Å². The van der Waals surface area contributed by atoms with Gasteiger partial charge in [-0.05, 0) is 54.9 Å². The summed E-state index contributed by atoms with van der Waals surface area (Å²) >= 11 is 1.65. The van der Waals surface area contributed by atoms with E-state index in [0.717, 1.165) is 39.3 Å². The standard InChI is InChI=1S/C21H32N2O2S/c1-16(2)12-19(23-8-10-25-11-9-23)14-22-21(24)15-26-20-7-6-17-4-3-5-18(17)13-20/h6-7,13,16,19H,3-5,8-12,14-15H2,1-2H3,(H,22,24). The van der Waals surface area contributed by atoms with Crippen molar-refractivity contribution in [3.63, 3.8) is 0 Å². The minimum absolute atomic E-state index is 0.137. The highest BCUT2D eigenvalue weighted by atomic mass is 32.2. The van der Waals surface area contributed by atoms with Gasteiger partial charge in [0.05, 0.1) is 19.0 Å². The molecule has 1 aromatic carbocycles. The van der Waals surface area contributed by atoms with E-state index in [0.29, 0.717) is 17.7 Å². The van der Waals surface area contributed by atoms with Crippen LogP contribution in [0.4, 0.5) is 0 Å². The van der Waals surface area contributed by atoms with Gasteiger partial charge in [0.1, 0.15) is 0 Å². The third-order valence-electron chi connectivity index (χ3n) is 5.28. The largest absolute Gasteiger partial charge is 0.379 e. The molecule has 5 heteroatoms. The molecule has 1 atom stereocenters. The highest BCUT2D eigenvalue weighted by molar-refractivity contribution is 8.00. The number of rotatable bonds is 8. The van der Waals surface area contributed by atoms with Crippen molar-refractivity contribution in [3.8, 4) is 0 Å². The maximum absolute atomic E-state index is 12.3. The number of benzene rings is 1. The van der Waals surface area contributed by atoms with E-state index in [2.05, 4.69) is 42.3 Å². The van der Waals surface area contributed by atoms with Crippen LogP contribution in [-0.4, -0.2) is 55.4 Å². The van der Waals surface area contributed by atoms with Crippen molar-refractivity contribution in [2.75, 3.05) is 38.6 Å². The van der Waals surface area contributed by atoms with Crippen LogP contribution in [-0.2, 0) is 22.4 Å². The molecule has 26 heavy (non-hydrogen) atoms. The zero-order valence-electron chi connectivity index (χ0n) is 16.1. The maximum atomic E-state index is 12.3. The molecule has 144 valence electrons. The topological polar surface area (TPSA) is 41.6 Å². The second-order valence-corrected chi connectivity index (χ2v) is 8.86. The van der Waals surface area contributed by atoms with Gasteiger partial charge in [-0.2, -0.15) is 0 Å². The summed E-state index contributed by atoms with van der Waals surface area (Å²) in [5.74, 6) is 1.26. The van der Waals surface area contributed by atoms with Crippen molar-refractivity contribution in [2.24, 2.45) is 5.92 Å². The Morgan fingerprint density at radius 1 is 1.23 bits per heavy atom. The molecule has 0 saturated carbocycles. The lowest BCUT2D eigenvalue weighted by atomic mass is 10.0. The molecule has 1 saturated heterocycles. The molecular formula is C21H32N2O2S. The number of hydrogen-bond donors (Lipinski definition) is 1. The Morgan fingerprint density at radius 3 is 2.77 bits per heavy atom. The monoisotopic (exact) mass is 376 g/mol. The fourth-order valence-electron chi connectivity index (χ4n) is 3.92. The fraction of sp³-hybridized carbons (Fsp3) is 0.667. The number of aryl methyl sites for hydroxylation is 2. The van der Waals surface area contributed by atoms with Gasteiger partial charge in [0.2, 0.25) is 5.91 Å². The average Bonchev–Trinajstić information content (AvgIpc) is 3.11. The quantitative estimate of drug-likeness (QED) is 0.708. The highest BCUT2D eigenvalue weighted by Gasteiger charge is 2.22. The van der Waals surface area contributed by atoms with Crippen LogP contribution in [0.1, 0.15) is 37.8 Å². The van der Waals surface area contributed by atoms with Crippen LogP contribution in [0.2, 0.25) is 0 Å². The van der Waals surface area contributed by atoms with E-state index < -0.39 is 0 Å². The Morgan fingerprint density at radius 2 is 2.00 bits per heavy atom. The summed E-state index contributed by atoms with van der Waals surface area (Å²) in [6.45, 7) is 8.78. The first-order valence-corrected chi connectivity index (χ1v) is 10.9. The molecule has 1 aromatic rings. The molecule has 1 N–H and O–H groups in total. The Bertz CT molecular complexity index is 600. The number of morpholine rings is 1. The van der Waals surface area contributed by atoms with Gasteiger partial charge in [0.15, 0.2) is 0 Å². The molecule has 1 fully saturated rings. The molecule has 4 nitrogen and oxygen atoms in total.